The molecule has 2 aromatic rings. The maximum atomic E-state index is 5.96. The van der Waals surface area contributed by atoms with Crippen molar-refractivity contribution in [3.8, 4) is 0 Å². The molecule has 0 amide bonds. The van der Waals surface area contributed by atoms with Crippen molar-refractivity contribution in [1.29, 1.82) is 0 Å². The van der Waals surface area contributed by atoms with Crippen LogP contribution in [0.4, 0.5) is 0 Å². The fourth-order valence-corrected chi connectivity index (χ4v) is 3.56. The zero-order valence-electron chi connectivity index (χ0n) is 9.31. The molecule has 0 saturated heterocycles. The van der Waals surface area contributed by atoms with Crippen molar-refractivity contribution < 1.29 is 0 Å². The molecule has 90 valence electrons. The minimum Gasteiger partial charge on any atom is -0.299 e. The second-order valence-electron chi connectivity index (χ2n) is 4.20. The molecule has 0 aromatic carbocycles. The molecular weight excluding hydrogens is 274 g/mol. The molecule has 1 unspecified atom stereocenters. The van der Waals surface area contributed by atoms with E-state index in [0.29, 0.717) is 6.04 Å². The maximum absolute atomic E-state index is 5.96. The van der Waals surface area contributed by atoms with Gasteiger partial charge in [-0.3, -0.25) is 5.32 Å². The molecule has 0 radical (unpaired) electrons. The van der Waals surface area contributed by atoms with Crippen LogP contribution in [0.3, 0.4) is 0 Å². The average molecular weight is 286 g/mol. The maximum Gasteiger partial charge on any atom is 0.118 e. The number of hydrogen-bond donors (Lipinski definition) is 1. The minimum absolute atomic E-state index is 0.110. The van der Waals surface area contributed by atoms with Crippen molar-refractivity contribution in [2.24, 2.45) is 0 Å². The fourth-order valence-electron chi connectivity index (χ4n) is 1.64. The summed E-state index contributed by atoms with van der Waals surface area (Å²) < 4.78 is 0.732. The number of hydrogen-bond acceptors (Lipinski definition) is 5. The Balaban J connectivity index is 1.90. The highest BCUT2D eigenvalue weighted by atomic mass is 35.5. The Morgan fingerprint density at radius 3 is 2.82 bits per heavy atom. The largest absolute Gasteiger partial charge is 0.299 e. The Hall–Kier alpha value is -0.490. The summed E-state index contributed by atoms with van der Waals surface area (Å²) in [4.78, 5) is 8.93. The first-order chi connectivity index (χ1) is 8.22. The van der Waals surface area contributed by atoms with Crippen molar-refractivity contribution >= 4 is 34.3 Å². The van der Waals surface area contributed by atoms with Gasteiger partial charge in [0.05, 0.1) is 6.20 Å². The van der Waals surface area contributed by atoms with E-state index in [4.69, 9.17) is 11.6 Å². The number of thiazole rings is 2. The van der Waals surface area contributed by atoms with Crippen LogP contribution in [-0.4, -0.2) is 16.0 Å². The summed E-state index contributed by atoms with van der Waals surface area (Å²) in [5.74, 6) is 0. The van der Waals surface area contributed by atoms with Gasteiger partial charge in [-0.25, -0.2) is 9.97 Å². The molecule has 2 heterocycles. The Morgan fingerprint density at radius 1 is 1.47 bits per heavy atom. The number of nitrogens with one attached hydrogen (secondary N) is 1. The third-order valence-electron chi connectivity index (χ3n) is 2.61. The van der Waals surface area contributed by atoms with Gasteiger partial charge in [0, 0.05) is 17.1 Å². The molecule has 1 aliphatic carbocycles. The van der Waals surface area contributed by atoms with Crippen LogP contribution in [0.1, 0.15) is 34.6 Å². The van der Waals surface area contributed by atoms with Crippen LogP contribution in [0.15, 0.2) is 11.6 Å². The van der Waals surface area contributed by atoms with E-state index in [1.54, 1.807) is 17.5 Å². The van der Waals surface area contributed by atoms with Gasteiger partial charge in [-0.1, -0.05) is 11.6 Å². The summed E-state index contributed by atoms with van der Waals surface area (Å²) in [5.41, 5.74) is 1.07. The van der Waals surface area contributed by atoms with Crippen LogP contribution in [0.2, 0.25) is 4.34 Å². The van der Waals surface area contributed by atoms with E-state index in [2.05, 4.69) is 20.7 Å². The predicted octanol–water partition coefficient (Wildman–Crippen LogP) is 3.40. The first-order valence-electron chi connectivity index (χ1n) is 5.51. The smallest absolute Gasteiger partial charge is 0.118 e. The van der Waals surface area contributed by atoms with Gasteiger partial charge < -0.3 is 0 Å². The lowest BCUT2D eigenvalue weighted by Crippen LogP contribution is -2.24. The van der Waals surface area contributed by atoms with E-state index < -0.39 is 0 Å². The molecule has 1 saturated carbocycles. The molecule has 1 fully saturated rings. The van der Waals surface area contributed by atoms with E-state index in [-0.39, 0.29) is 6.04 Å². The molecule has 3 nitrogen and oxygen atoms in total. The number of nitrogens with zero attached hydrogens (tertiary/aromatic N) is 2. The fraction of sp³-hybridized carbons (Fsp3) is 0.455. The van der Waals surface area contributed by atoms with Gasteiger partial charge in [0.2, 0.25) is 0 Å². The average Bonchev–Trinajstić information content (AvgIpc) is 2.86. The van der Waals surface area contributed by atoms with Crippen LogP contribution in [0.5, 0.6) is 0 Å². The highest BCUT2D eigenvalue weighted by Gasteiger charge is 2.29. The molecule has 1 atom stereocenters. The Kier molecular flexibility index (Phi) is 3.17. The van der Waals surface area contributed by atoms with Crippen LogP contribution >= 0.6 is 34.3 Å². The molecule has 6 heteroatoms. The normalized spacial score (nSPS) is 17.3. The van der Waals surface area contributed by atoms with Gasteiger partial charge in [0.25, 0.3) is 0 Å². The standard InChI is InChI=1S/C11H12ClN3S2/c1-6-5-16-11(14-6)9(15-7-2-3-7)10-13-4-8(12)17-10/h4-5,7,9,15H,2-3H2,1H3. The van der Waals surface area contributed by atoms with Crippen molar-refractivity contribution in [2.75, 3.05) is 0 Å². The Labute approximate surface area is 113 Å². The van der Waals surface area contributed by atoms with Crippen LogP contribution in [0, 0.1) is 6.92 Å². The van der Waals surface area contributed by atoms with Gasteiger partial charge >= 0.3 is 0 Å². The molecular formula is C11H12ClN3S2. The quantitative estimate of drug-likeness (QED) is 0.935. The first kappa shape index (κ1) is 11.6. The number of aromatic nitrogens is 2. The SMILES string of the molecule is Cc1csc(C(NC2CC2)c2ncc(Cl)s2)n1. The van der Waals surface area contributed by atoms with E-state index in [1.807, 2.05) is 6.92 Å². The van der Waals surface area contributed by atoms with Crippen LogP contribution in [-0.2, 0) is 0 Å². The lowest BCUT2D eigenvalue weighted by atomic mass is 10.3. The predicted molar refractivity (Wildman–Crippen MR) is 72.0 cm³/mol. The molecule has 0 aliphatic heterocycles. The number of rotatable bonds is 4. The third-order valence-corrected chi connectivity index (χ3v) is 4.81. The molecule has 3 rings (SSSR count). The highest BCUT2D eigenvalue weighted by molar-refractivity contribution is 7.16. The lowest BCUT2D eigenvalue weighted by molar-refractivity contribution is 0.594. The second-order valence-corrected chi connectivity index (χ2v) is 6.79. The number of halogens is 1. The van der Waals surface area contributed by atoms with Gasteiger partial charge in [0.15, 0.2) is 0 Å². The van der Waals surface area contributed by atoms with Crippen molar-refractivity contribution in [3.63, 3.8) is 0 Å². The molecule has 0 bridgehead atoms. The molecule has 2 aromatic heterocycles. The van der Waals surface area contributed by atoms with Gasteiger partial charge in [-0.05, 0) is 19.8 Å². The van der Waals surface area contributed by atoms with Gasteiger partial charge in [0.1, 0.15) is 20.4 Å². The number of aryl methyl sites for hydroxylation is 1. The summed E-state index contributed by atoms with van der Waals surface area (Å²) in [6.07, 6.45) is 4.21. The molecule has 17 heavy (non-hydrogen) atoms. The second kappa shape index (κ2) is 4.65. The van der Waals surface area contributed by atoms with E-state index >= 15 is 0 Å². The summed E-state index contributed by atoms with van der Waals surface area (Å²) in [7, 11) is 0. The van der Waals surface area contributed by atoms with Crippen LogP contribution in [0.25, 0.3) is 0 Å². The minimum atomic E-state index is 0.110. The van der Waals surface area contributed by atoms with Crippen molar-refractivity contribution in [3.05, 3.63) is 31.6 Å². The summed E-state index contributed by atoms with van der Waals surface area (Å²) >= 11 is 9.17. The summed E-state index contributed by atoms with van der Waals surface area (Å²) in [6, 6.07) is 0.727. The Bertz CT molecular complexity index is 478. The van der Waals surface area contributed by atoms with E-state index in [0.717, 1.165) is 20.0 Å². The zero-order valence-corrected chi connectivity index (χ0v) is 11.7. The zero-order chi connectivity index (χ0) is 11.8. The molecule has 0 spiro atoms. The van der Waals surface area contributed by atoms with E-state index in [9.17, 15) is 0 Å². The monoisotopic (exact) mass is 285 g/mol. The summed E-state index contributed by atoms with van der Waals surface area (Å²) in [5, 5.41) is 7.76. The third kappa shape index (κ3) is 2.68. The van der Waals surface area contributed by atoms with Crippen molar-refractivity contribution in [1.82, 2.24) is 15.3 Å². The highest BCUT2D eigenvalue weighted by Crippen LogP contribution is 2.33. The van der Waals surface area contributed by atoms with E-state index in [1.165, 1.54) is 24.2 Å². The Morgan fingerprint density at radius 2 is 2.29 bits per heavy atom. The topological polar surface area (TPSA) is 37.8 Å². The van der Waals surface area contributed by atoms with Gasteiger partial charge in [-0.2, -0.15) is 0 Å². The molecule has 1 aliphatic rings. The summed E-state index contributed by atoms with van der Waals surface area (Å²) in [6.45, 7) is 2.02. The van der Waals surface area contributed by atoms with Gasteiger partial charge in [-0.15, -0.1) is 22.7 Å². The lowest BCUT2D eigenvalue weighted by Gasteiger charge is -2.13. The van der Waals surface area contributed by atoms with Crippen molar-refractivity contribution in [2.45, 2.75) is 31.8 Å². The molecule has 1 N–H and O–H groups in total. The first-order valence-corrected chi connectivity index (χ1v) is 7.59. The van der Waals surface area contributed by atoms with Crippen LogP contribution < -0.4 is 5.32 Å².